The molecule has 0 radical (unpaired) electrons. The Morgan fingerprint density at radius 1 is 1.07 bits per heavy atom. The van der Waals surface area contributed by atoms with Crippen molar-refractivity contribution in [3.8, 4) is 0 Å². The number of nitrogens with zero attached hydrogens (tertiary/aromatic N) is 2. The van der Waals surface area contributed by atoms with Crippen molar-refractivity contribution in [1.29, 1.82) is 0 Å². The molecular weight excluding hydrogens is 340 g/mol. The monoisotopic (exact) mass is 366 g/mol. The lowest BCUT2D eigenvalue weighted by atomic mass is 9.90. The fraction of sp³-hybridized carbons (Fsp3) is 0.364. The van der Waals surface area contributed by atoms with Crippen LogP contribution in [0.1, 0.15) is 30.5 Å². The van der Waals surface area contributed by atoms with E-state index in [1.807, 2.05) is 72.6 Å². The predicted molar refractivity (Wildman–Crippen MR) is 104 cm³/mol. The van der Waals surface area contributed by atoms with Crippen LogP contribution in [0.4, 0.5) is 0 Å². The average Bonchev–Trinajstić information content (AvgIpc) is 3.06. The van der Waals surface area contributed by atoms with Crippen LogP contribution >= 0.6 is 0 Å². The molecule has 0 saturated carbocycles. The van der Waals surface area contributed by atoms with Gasteiger partial charge in [-0.1, -0.05) is 60.7 Å². The van der Waals surface area contributed by atoms with Gasteiger partial charge in [-0.05, 0) is 31.0 Å². The minimum atomic E-state index is -0.794. The standard InChI is InChI=1S/C22H26N2O3/c1-22(21(26)27)13-14-24(16-22)15-19(25)23(2)20(17-9-5-3-6-10-17)18-11-7-4-8-12-18/h3-12,20H,13-16H2,1-2H3,(H,26,27). The molecule has 0 aliphatic carbocycles. The van der Waals surface area contributed by atoms with Gasteiger partial charge in [-0.2, -0.15) is 0 Å². The summed E-state index contributed by atoms with van der Waals surface area (Å²) in [6.07, 6.45) is 0.570. The second-order valence-electron chi connectivity index (χ2n) is 7.56. The first-order valence-electron chi connectivity index (χ1n) is 9.22. The number of carbonyl (C=O) groups is 2. The number of carboxylic acids is 1. The fourth-order valence-electron chi connectivity index (χ4n) is 3.72. The zero-order valence-electron chi connectivity index (χ0n) is 15.8. The number of hydrogen-bond acceptors (Lipinski definition) is 3. The molecule has 1 atom stereocenters. The quantitative estimate of drug-likeness (QED) is 0.854. The molecule has 0 aromatic heterocycles. The number of carbonyl (C=O) groups excluding carboxylic acids is 1. The van der Waals surface area contributed by atoms with E-state index in [-0.39, 0.29) is 18.5 Å². The summed E-state index contributed by atoms with van der Waals surface area (Å²) in [5, 5.41) is 9.40. The zero-order chi connectivity index (χ0) is 19.4. The van der Waals surface area contributed by atoms with Gasteiger partial charge < -0.3 is 10.0 Å². The molecule has 0 bridgehead atoms. The van der Waals surface area contributed by atoms with Crippen molar-refractivity contribution < 1.29 is 14.7 Å². The van der Waals surface area contributed by atoms with E-state index in [1.54, 1.807) is 11.8 Å². The molecule has 1 saturated heterocycles. The van der Waals surface area contributed by atoms with E-state index in [2.05, 4.69) is 0 Å². The molecule has 1 unspecified atom stereocenters. The Morgan fingerprint density at radius 3 is 2.04 bits per heavy atom. The highest BCUT2D eigenvalue weighted by Crippen LogP contribution is 2.31. The number of carboxylic acid groups (broad SMARTS) is 1. The maximum Gasteiger partial charge on any atom is 0.310 e. The van der Waals surface area contributed by atoms with Crippen molar-refractivity contribution in [2.45, 2.75) is 19.4 Å². The maximum absolute atomic E-state index is 13.0. The maximum atomic E-state index is 13.0. The molecule has 3 rings (SSSR count). The van der Waals surface area contributed by atoms with Crippen LogP contribution in [0.3, 0.4) is 0 Å². The highest BCUT2D eigenvalue weighted by molar-refractivity contribution is 5.80. The van der Waals surface area contributed by atoms with E-state index < -0.39 is 11.4 Å². The van der Waals surface area contributed by atoms with Crippen molar-refractivity contribution in [1.82, 2.24) is 9.80 Å². The van der Waals surface area contributed by atoms with E-state index in [0.29, 0.717) is 19.5 Å². The lowest BCUT2D eigenvalue weighted by Gasteiger charge is -2.31. The molecule has 2 aromatic carbocycles. The van der Waals surface area contributed by atoms with Crippen LogP contribution in [0.2, 0.25) is 0 Å². The predicted octanol–water partition coefficient (Wildman–Crippen LogP) is 3.03. The number of aliphatic carboxylic acids is 1. The molecule has 1 fully saturated rings. The van der Waals surface area contributed by atoms with Gasteiger partial charge >= 0.3 is 5.97 Å². The van der Waals surface area contributed by atoms with E-state index in [9.17, 15) is 14.7 Å². The summed E-state index contributed by atoms with van der Waals surface area (Å²) in [6.45, 7) is 3.02. The highest BCUT2D eigenvalue weighted by Gasteiger charge is 2.41. The summed E-state index contributed by atoms with van der Waals surface area (Å²) in [4.78, 5) is 28.2. The second-order valence-corrected chi connectivity index (χ2v) is 7.56. The molecule has 1 aliphatic heterocycles. The molecule has 0 spiro atoms. The van der Waals surface area contributed by atoms with Gasteiger partial charge in [0.05, 0.1) is 18.0 Å². The lowest BCUT2D eigenvalue weighted by molar-refractivity contribution is -0.147. The van der Waals surface area contributed by atoms with Crippen LogP contribution in [0.5, 0.6) is 0 Å². The fourth-order valence-corrected chi connectivity index (χ4v) is 3.72. The van der Waals surface area contributed by atoms with Gasteiger partial charge in [0.25, 0.3) is 0 Å². The van der Waals surface area contributed by atoms with Crippen molar-refractivity contribution in [3.63, 3.8) is 0 Å². The summed E-state index contributed by atoms with van der Waals surface area (Å²) >= 11 is 0. The molecule has 2 aromatic rings. The van der Waals surface area contributed by atoms with Crippen molar-refractivity contribution in [2.75, 3.05) is 26.7 Å². The summed E-state index contributed by atoms with van der Waals surface area (Å²) < 4.78 is 0. The molecule has 1 N–H and O–H groups in total. The summed E-state index contributed by atoms with van der Waals surface area (Å²) in [5.74, 6) is -0.806. The van der Waals surface area contributed by atoms with Crippen molar-refractivity contribution >= 4 is 11.9 Å². The van der Waals surface area contributed by atoms with Crippen LogP contribution in [-0.4, -0.2) is 53.5 Å². The number of rotatable bonds is 6. The molecule has 5 heteroatoms. The normalized spacial score (nSPS) is 20.0. The van der Waals surface area contributed by atoms with E-state index >= 15 is 0 Å². The summed E-state index contributed by atoms with van der Waals surface area (Å²) in [6, 6.07) is 19.8. The number of hydrogen-bond donors (Lipinski definition) is 1. The number of likely N-dealkylation sites (N-methyl/N-ethyl adjacent to an activating group) is 1. The van der Waals surface area contributed by atoms with Crippen molar-refractivity contribution in [3.05, 3.63) is 71.8 Å². The van der Waals surface area contributed by atoms with Gasteiger partial charge in [-0.15, -0.1) is 0 Å². The first kappa shape index (κ1) is 19.1. The van der Waals surface area contributed by atoms with E-state index in [0.717, 1.165) is 11.1 Å². The topological polar surface area (TPSA) is 60.9 Å². The third-order valence-corrected chi connectivity index (χ3v) is 5.44. The third kappa shape index (κ3) is 4.19. The van der Waals surface area contributed by atoms with E-state index in [1.165, 1.54) is 0 Å². The Kier molecular flexibility index (Phi) is 5.61. The minimum absolute atomic E-state index is 0.0117. The molecule has 5 nitrogen and oxygen atoms in total. The second kappa shape index (κ2) is 7.92. The van der Waals surface area contributed by atoms with Crippen molar-refractivity contribution in [2.24, 2.45) is 5.41 Å². The lowest BCUT2D eigenvalue weighted by Crippen LogP contribution is -2.41. The summed E-state index contributed by atoms with van der Waals surface area (Å²) in [7, 11) is 1.82. The Hall–Kier alpha value is -2.66. The Morgan fingerprint density at radius 2 is 1.59 bits per heavy atom. The first-order chi connectivity index (χ1) is 12.9. The van der Waals surface area contributed by atoms with Crippen LogP contribution in [-0.2, 0) is 9.59 Å². The van der Waals surface area contributed by atoms with Gasteiger partial charge in [0.1, 0.15) is 0 Å². The zero-order valence-corrected chi connectivity index (χ0v) is 15.8. The first-order valence-corrected chi connectivity index (χ1v) is 9.22. The van der Waals surface area contributed by atoms with E-state index in [4.69, 9.17) is 0 Å². The number of amides is 1. The minimum Gasteiger partial charge on any atom is -0.481 e. The molecule has 27 heavy (non-hydrogen) atoms. The number of likely N-dealkylation sites (tertiary alicyclic amines) is 1. The largest absolute Gasteiger partial charge is 0.481 e. The van der Waals surface area contributed by atoms with Gasteiger partial charge in [-0.25, -0.2) is 0 Å². The van der Waals surface area contributed by atoms with Crippen LogP contribution in [0.15, 0.2) is 60.7 Å². The molecular formula is C22H26N2O3. The molecule has 1 heterocycles. The molecule has 1 amide bonds. The van der Waals surface area contributed by atoms with Gasteiger partial charge in [0, 0.05) is 13.6 Å². The van der Waals surface area contributed by atoms with Crippen LogP contribution < -0.4 is 0 Å². The summed E-state index contributed by atoms with van der Waals surface area (Å²) in [5.41, 5.74) is 1.34. The van der Waals surface area contributed by atoms with Gasteiger partial charge in [-0.3, -0.25) is 14.5 Å². The molecule has 1 aliphatic rings. The third-order valence-electron chi connectivity index (χ3n) is 5.44. The van der Waals surface area contributed by atoms with Gasteiger partial charge in [0.15, 0.2) is 0 Å². The average molecular weight is 366 g/mol. The molecule has 142 valence electrons. The Labute approximate surface area is 160 Å². The Balaban J connectivity index is 1.77. The van der Waals surface area contributed by atoms with Gasteiger partial charge in [0.2, 0.25) is 5.91 Å². The van der Waals surface area contributed by atoms with Crippen LogP contribution in [0, 0.1) is 5.41 Å². The number of benzene rings is 2. The van der Waals surface area contributed by atoms with Crippen LogP contribution in [0.25, 0.3) is 0 Å². The SMILES string of the molecule is CN(C(=O)CN1CCC(C)(C(=O)O)C1)C(c1ccccc1)c1ccccc1. The smallest absolute Gasteiger partial charge is 0.310 e. The highest BCUT2D eigenvalue weighted by atomic mass is 16.4. The Bertz CT molecular complexity index is 754.